The van der Waals surface area contributed by atoms with E-state index in [2.05, 4.69) is 15.6 Å². The van der Waals surface area contributed by atoms with Crippen LogP contribution in [-0.2, 0) is 0 Å². The van der Waals surface area contributed by atoms with Gasteiger partial charge in [0.2, 0.25) is 0 Å². The molecule has 0 bridgehead atoms. The maximum atomic E-state index is 9.77. The summed E-state index contributed by atoms with van der Waals surface area (Å²) in [6.45, 7) is 5.60. The second-order valence-electron chi connectivity index (χ2n) is 3.58. The van der Waals surface area contributed by atoms with Crippen LogP contribution in [0.1, 0.15) is 27.2 Å². The van der Waals surface area contributed by atoms with E-state index in [-0.39, 0.29) is 6.04 Å². The predicted molar refractivity (Wildman–Crippen MR) is 55.9 cm³/mol. The Balaban J connectivity index is 4.29. The van der Waals surface area contributed by atoms with Gasteiger partial charge in [-0.3, -0.25) is 4.99 Å². The molecule has 0 aromatic rings. The highest BCUT2D eigenvalue weighted by molar-refractivity contribution is 5.79. The van der Waals surface area contributed by atoms with Crippen LogP contribution in [-0.4, -0.2) is 36.8 Å². The molecule has 0 aromatic carbocycles. The molecule has 4 nitrogen and oxygen atoms in total. The van der Waals surface area contributed by atoms with Crippen molar-refractivity contribution in [2.45, 2.75) is 38.8 Å². The van der Waals surface area contributed by atoms with E-state index in [9.17, 15) is 5.11 Å². The summed E-state index contributed by atoms with van der Waals surface area (Å²) in [5.74, 6) is 0.703. The summed E-state index contributed by atoms with van der Waals surface area (Å²) >= 11 is 0. The molecule has 0 aromatic heterocycles. The van der Waals surface area contributed by atoms with Gasteiger partial charge in [-0.15, -0.1) is 0 Å². The Kier molecular flexibility index (Phi) is 4.77. The Morgan fingerprint density at radius 2 is 2.08 bits per heavy atom. The van der Waals surface area contributed by atoms with E-state index < -0.39 is 5.60 Å². The van der Waals surface area contributed by atoms with Gasteiger partial charge in [0.1, 0.15) is 0 Å². The minimum absolute atomic E-state index is 0.0126. The zero-order valence-electron chi connectivity index (χ0n) is 9.18. The first-order valence-electron chi connectivity index (χ1n) is 4.59. The van der Waals surface area contributed by atoms with Crippen molar-refractivity contribution in [3.63, 3.8) is 0 Å². The molecule has 0 fully saturated rings. The SMILES string of the molecule is CCC(NC(=NC)NC)C(C)(C)O. The van der Waals surface area contributed by atoms with Crippen molar-refractivity contribution in [1.29, 1.82) is 0 Å². The van der Waals surface area contributed by atoms with Crippen LogP contribution in [0.15, 0.2) is 4.99 Å². The van der Waals surface area contributed by atoms with Gasteiger partial charge in [0.15, 0.2) is 5.96 Å². The Bertz CT molecular complexity index is 172. The molecule has 13 heavy (non-hydrogen) atoms. The third kappa shape index (κ3) is 4.12. The third-order valence-electron chi connectivity index (χ3n) is 2.03. The standard InChI is InChI=1S/C9H21N3O/c1-6-7(9(2,3)13)12-8(10-4)11-5/h7,13H,6H2,1-5H3,(H2,10,11,12). The summed E-state index contributed by atoms with van der Waals surface area (Å²) in [6.07, 6.45) is 0.851. The minimum atomic E-state index is -0.735. The van der Waals surface area contributed by atoms with E-state index in [1.807, 2.05) is 6.92 Å². The van der Waals surface area contributed by atoms with Crippen molar-refractivity contribution in [2.24, 2.45) is 4.99 Å². The highest BCUT2D eigenvalue weighted by Gasteiger charge is 2.25. The molecule has 78 valence electrons. The van der Waals surface area contributed by atoms with Crippen LogP contribution in [0, 0.1) is 0 Å². The van der Waals surface area contributed by atoms with Gasteiger partial charge in [-0.2, -0.15) is 0 Å². The Labute approximate surface area is 80.4 Å². The van der Waals surface area contributed by atoms with Crippen molar-refractivity contribution in [2.75, 3.05) is 14.1 Å². The fourth-order valence-corrected chi connectivity index (χ4v) is 1.19. The van der Waals surface area contributed by atoms with Gasteiger partial charge in [-0.05, 0) is 20.3 Å². The van der Waals surface area contributed by atoms with E-state index in [1.165, 1.54) is 0 Å². The van der Waals surface area contributed by atoms with Crippen molar-refractivity contribution < 1.29 is 5.11 Å². The molecule has 0 rings (SSSR count). The van der Waals surface area contributed by atoms with Gasteiger partial charge < -0.3 is 15.7 Å². The van der Waals surface area contributed by atoms with Gasteiger partial charge in [0, 0.05) is 14.1 Å². The molecule has 4 heteroatoms. The number of nitrogens with zero attached hydrogens (tertiary/aromatic N) is 1. The van der Waals surface area contributed by atoms with Crippen LogP contribution in [0.2, 0.25) is 0 Å². The Hall–Kier alpha value is -0.770. The summed E-state index contributed by atoms with van der Waals surface area (Å²) in [7, 11) is 3.50. The van der Waals surface area contributed by atoms with E-state index >= 15 is 0 Å². The second-order valence-corrected chi connectivity index (χ2v) is 3.58. The quantitative estimate of drug-likeness (QED) is 0.441. The zero-order chi connectivity index (χ0) is 10.5. The van der Waals surface area contributed by atoms with E-state index in [0.29, 0.717) is 5.96 Å². The van der Waals surface area contributed by atoms with Crippen molar-refractivity contribution in [3.8, 4) is 0 Å². The highest BCUT2D eigenvalue weighted by atomic mass is 16.3. The van der Waals surface area contributed by atoms with Gasteiger partial charge in [0.05, 0.1) is 11.6 Å². The molecule has 0 aliphatic rings. The molecular formula is C9H21N3O. The number of aliphatic hydroxyl groups is 1. The van der Waals surface area contributed by atoms with Crippen LogP contribution in [0.3, 0.4) is 0 Å². The molecule has 0 spiro atoms. The summed E-state index contributed by atoms with van der Waals surface area (Å²) in [5, 5.41) is 15.8. The average molecular weight is 187 g/mol. The Morgan fingerprint density at radius 3 is 2.31 bits per heavy atom. The van der Waals surface area contributed by atoms with Crippen LogP contribution in [0.25, 0.3) is 0 Å². The van der Waals surface area contributed by atoms with Crippen LogP contribution >= 0.6 is 0 Å². The Morgan fingerprint density at radius 1 is 1.54 bits per heavy atom. The van der Waals surface area contributed by atoms with Crippen LogP contribution < -0.4 is 10.6 Å². The monoisotopic (exact) mass is 187 g/mol. The predicted octanol–water partition coefficient (Wildman–Crippen LogP) is 0.331. The maximum absolute atomic E-state index is 9.77. The molecule has 1 unspecified atom stereocenters. The maximum Gasteiger partial charge on any atom is 0.191 e. The van der Waals surface area contributed by atoms with E-state index in [4.69, 9.17) is 0 Å². The largest absolute Gasteiger partial charge is 0.388 e. The molecule has 3 N–H and O–H groups in total. The zero-order valence-corrected chi connectivity index (χ0v) is 9.18. The lowest BCUT2D eigenvalue weighted by molar-refractivity contribution is 0.0431. The first-order chi connectivity index (χ1) is 5.95. The van der Waals surface area contributed by atoms with Crippen molar-refractivity contribution >= 4 is 5.96 Å². The lowest BCUT2D eigenvalue weighted by Gasteiger charge is -2.30. The van der Waals surface area contributed by atoms with Gasteiger partial charge in [-0.1, -0.05) is 6.92 Å². The first kappa shape index (κ1) is 12.2. The molecular weight excluding hydrogens is 166 g/mol. The number of hydrogen-bond donors (Lipinski definition) is 3. The topological polar surface area (TPSA) is 56.7 Å². The first-order valence-corrected chi connectivity index (χ1v) is 4.59. The molecule has 0 radical (unpaired) electrons. The van der Waals surface area contributed by atoms with Crippen molar-refractivity contribution in [1.82, 2.24) is 10.6 Å². The van der Waals surface area contributed by atoms with E-state index in [1.54, 1.807) is 27.9 Å². The summed E-state index contributed by atoms with van der Waals surface area (Å²) in [6, 6.07) is 0.0126. The van der Waals surface area contributed by atoms with Gasteiger partial charge >= 0.3 is 0 Å². The number of rotatable bonds is 3. The average Bonchev–Trinajstić information content (AvgIpc) is 2.04. The number of guanidine groups is 1. The summed E-state index contributed by atoms with van der Waals surface area (Å²) in [4.78, 5) is 3.99. The molecule has 0 aliphatic heterocycles. The second kappa shape index (κ2) is 5.07. The fourth-order valence-electron chi connectivity index (χ4n) is 1.19. The molecule has 0 heterocycles. The van der Waals surface area contributed by atoms with Gasteiger partial charge in [0.25, 0.3) is 0 Å². The number of hydrogen-bond acceptors (Lipinski definition) is 2. The molecule has 0 saturated carbocycles. The van der Waals surface area contributed by atoms with Gasteiger partial charge in [-0.25, -0.2) is 0 Å². The summed E-state index contributed by atoms with van der Waals surface area (Å²) < 4.78 is 0. The molecule has 1 atom stereocenters. The summed E-state index contributed by atoms with van der Waals surface area (Å²) in [5.41, 5.74) is -0.735. The lowest BCUT2D eigenvalue weighted by atomic mass is 9.97. The molecule has 0 aliphatic carbocycles. The number of aliphatic imine (C=N–C) groups is 1. The van der Waals surface area contributed by atoms with Crippen molar-refractivity contribution in [3.05, 3.63) is 0 Å². The lowest BCUT2D eigenvalue weighted by Crippen LogP contribution is -2.51. The van der Waals surface area contributed by atoms with Crippen LogP contribution in [0.4, 0.5) is 0 Å². The normalized spacial score (nSPS) is 15.4. The van der Waals surface area contributed by atoms with Crippen LogP contribution in [0.5, 0.6) is 0 Å². The molecule has 0 amide bonds. The highest BCUT2D eigenvalue weighted by Crippen LogP contribution is 2.11. The smallest absolute Gasteiger partial charge is 0.191 e. The fraction of sp³-hybridized carbons (Fsp3) is 0.889. The van der Waals surface area contributed by atoms with E-state index in [0.717, 1.165) is 6.42 Å². The molecule has 0 saturated heterocycles. The third-order valence-corrected chi connectivity index (χ3v) is 2.03. The minimum Gasteiger partial charge on any atom is -0.388 e. The number of nitrogens with one attached hydrogen (secondary N) is 2.